The monoisotopic (exact) mass is 328 g/mol. The maximum absolute atomic E-state index is 12.9. The molecule has 1 aromatic rings. The number of carbonyl (C=O) groups is 2. The number of likely N-dealkylation sites (tertiary alicyclic amines) is 2. The number of carbonyl (C=O) groups excluding carboxylic acids is 2. The molecule has 2 saturated heterocycles. The van der Waals surface area contributed by atoms with Gasteiger partial charge in [0.2, 0.25) is 5.91 Å². The third-order valence-corrected chi connectivity index (χ3v) is 5.53. The summed E-state index contributed by atoms with van der Waals surface area (Å²) in [5.41, 5.74) is 0.740. The van der Waals surface area contributed by atoms with E-state index in [0.29, 0.717) is 25.0 Å². The van der Waals surface area contributed by atoms with Crippen LogP contribution in [0.2, 0.25) is 0 Å². The van der Waals surface area contributed by atoms with Crippen molar-refractivity contribution in [2.75, 3.05) is 19.6 Å². The molecule has 24 heavy (non-hydrogen) atoms. The zero-order chi connectivity index (χ0) is 16.9. The molecule has 0 saturated carbocycles. The third kappa shape index (κ3) is 3.63. The lowest BCUT2D eigenvalue weighted by atomic mass is 9.91. The molecule has 4 nitrogen and oxygen atoms in total. The molecule has 2 amide bonds. The first-order chi connectivity index (χ1) is 11.7. The lowest BCUT2D eigenvalue weighted by molar-refractivity contribution is -0.140. The van der Waals surface area contributed by atoms with Crippen molar-refractivity contribution >= 4 is 11.8 Å². The summed E-state index contributed by atoms with van der Waals surface area (Å²) in [4.78, 5) is 29.4. The summed E-state index contributed by atoms with van der Waals surface area (Å²) in [5, 5.41) is 0. The molecule has 0 radical (unpaired) electrons. The van der Waals surface area contributed by atoms with Crippen molar-refractivity contribution in [3.05, 3.63) is 35.9 Å². The van der Waals surface area contributed by atoms with E-state index in [9.17, 15) is 9.59 Å². The molecule has 1 unspecified atom stereocenters. The topological polar surface area (TPSA) is 40.6 Å². The number of hydrogen-bond donors (Lipinski definition) is 0. The van der Waals surface area contributed by atoms with Gasteiger partial charge in [0.15, 0.2) is 0 Å². The van der Waals surface area contributed by atoms with Crippen LogP contribution in [0, 0.1) is 5.92 Å². The summed E-state index contributed by atoms with van der Waals surface area (Å²) in [5.74, 6) is 0.510. The van der Waals surface area contributed by atoms with Gasteiger partial charge in [0.1, 0.15) is 0 Å². The predicted molar refractivity (Wildman–Crippen MR) is 94.7 cm³/mol. The average molecular weight is 328 g/mol. The van der Waals surface area contributed by atoms with Crippen LogP contribution >= 0.6 is 0 Å². The molecular weight excluding hydrogens is 300 g/mol. The van der Waals surface area contributed by atoms with Crippen molar-refractivity contribution in [3.63, 3.8) is 0 Å². The average Bonchev–Trinajstić information content (AvgIpc) is 2.67. The predicted octanol–water partition coefficient (Wildman–Crippen LogP) is 3.33. The highest BCUT2D eigenvalue weighted by molar-refractivity contribution is 5.94. The highest BCUT2D eigenvalue weighted by Crippen LogP contribution is 2.26. The zero-order valence-electron chi connectivity index (χ0n) is 14.6. The van der Waals surface area contributed by atoms with Crippen molar-refractivity contribution in [1.29, 1.82) is 0 Å². The second-order valence-corrected chi connectivity index (χ2v) is 7.02. The largest absolute Gasteiger partial charge is 0.339 e. The van der Waals surface area contributed by atoms with E-state index in [4.69, 9.17) is 0 Å². The molecule has 0 spiro atoms. The van der Waals surface area contributed by atoms with Crippen LogP contribution in [0.25, 0.3) is 0 Å². The first-order valence-corrected chi connectivity index (χ1v) is 9.35. The molecule has 0 N–H and O–H groups in total. The fourth-order valence-electron chi connectivity index (χ4n) is 4.04. The summed E-state index contributed by atoms with van der Waals surface area (Å²) in [7, 11) is 0. The normalized spacial score (nSPS) is 22.5. The summed E-state index contributed by atoms with van der Waals surface area (Å²) in [6.07, 6.45) is 6.17. The van der Waals surface area contributed by atoms with Crippen LogP contribution in [-0.2, 0) is 4.79 Å². The molecule has 0 aliphatic carbocycles. The van der Waals surface area contributed by atoms with E-state index >= 15 is 0 Å². The Kier molecular flexibility index (Phi) is 5.54. The Bertz CT molecular complexity index is 564. The highest BCUT2D eigenvalue weighted by atomic mass is 16.2. The quantitative estimate of drug-likeness (QED) is 0.854. The summed E-state index contributed by atoms with van der Waals surface area (Å²) in [6, 6.07) is 9.85. The molecule has 130 valence electrons. The van der Waals surface area contributed by atoms with Crippen molar-refractivity contribution in [2.45, 2.75) is 51.5 Å². The van der Waals surface area contributed by atoms with Crippen LogP contribution in [-0.4, -0.2) is 47.3 Å². The summed E-state index contributed by atoms with van der Waals surface area (Å²) >= 11 is 0. The second kappa shape index (κ2) is 7.82. The van der Waals surface area contributed by atoms with Gasteiger partial charge in [0.05, 0.1) is 0 Å². The number of piperidine rings is 2. The van der Waals surface area contributed by atoms with E-state index in [-0.39, 0.29) is 11.8 Å². The molecular formula is C20H28N2O2. The number of rotatable bonds is 3. The first-order valence-electron chi connectivity index (χ1n) is 9.35. The SMILES string of the molecule is CCC1CCCCN1C(=O)C1CCN(C(=O)c2ccccc2)CC1. The Hall–Kier alpha value is -1.84. The van der Waals surface area contributed by atoms with Crippen LogP contribution in [0.4, 0.5) is 0 Å². The Balaban J connectivity index is 1.56. The minimum absolute atomic E-state index is 0.0888. The van der Waals surface area contributed by atoms with Crippen molar-refractivity contribution in [1.82, 2.24) is 9.80 Å². The van der Waals surface area contributed by atoms with Gasteiger partial charge in [0, 0.05) is 37.2 Å². The Labute approximate surface area is 144 Å². The molecule has 0 bridgehead atoms. The van der Waals surface area contributed by atoms with Crippen molar-refractivity contribution in [3.8, 4) is 0 Å². The van der Waals surface area contributed by atoms with Gasteiger partial charge in [-0.05, 0) is 50.7 Å². The summed E-state index contributed by atoms with van der Waals surface area (Å²) in [6.45, 7) is 4.47. The molecule has 3 rings (SSSR count). The molecule has 1 aromatic carbocycles. The lowest BCUT2D eigenvalue weighted by Crippen LogP contribution is -2.49. The summed E-state index contributed by atoms with van der Waals surface area (Å²) < 4.78 is 0. The van der Waals surface area contributed by atoms with Gasteiger partial charge in [-0.3, -0.25) is 9.59 Å². The number of hydrogen-bond acceptors (Lipinski definition) is 2. The van der Waals surface area contributed by atoms with Gasteiger partial charge < -0.3 is 9.80 Å². The number of nitrogens with zero attached hydrogens (tertiary/aromatic N) is 2. The van der Waals surface area contributed by atoms with E-state index in [1.165, 1.54) is 6.42 Å². The van der Waals surface area contributed by atoms with E-state index in [2.05, 4.69) is 11.8 Å². The number of amides is 2. The first kappa shape index (κ1) is 17.0. The Morgan fingerprint density at radius 1 is 1.00 bits per heavy atom. The van der Waals surface area contributed by atoms with Gasteiger partial charge in [-0.25, -0.2) is 0 Å². The highest BCUT2D eigenvalue weighted by Gasteiger charge is 2.33. The van der Waals surface area contributed by atoms with Gasteiger partial charge in [-0.1, -0.05) is 25.1 Å². The fraction of sp³-hybridized carbons (Fsp3) is 0.600. The molecule has 2 heterocycles. The molecule has 2 aliphatic heterocycles. The van der Waals surface area contributed by atoms with Crippen LogP contribution in [0.1, 0.15) is 55.8 Å². The van der Waals surface area contributed by atoms with Crippen LogP contribution in [0.3, 0.4) is 0 Å². The van der Waals surface area contributed by atoms with Crippen LogP contribution in [0.5, 0.6) is 0 Å². The smallest absolute Gasteiger partial charge is 0.253 e. The molecule has 1 atom stereocenters. The van der Waals surface area contributed by atoms with E-state index in [1.807, 2.05) is 35.2 Å². The minimum atomic E-state index is 0.0888. The lowest BCUT2D eigenvalue weighted by Gasteiger charge is -2.39. The molecule has 4 heteroatoms. The maximum Gasteiger partial charge on any atom is 0.253 e. The minimum Gasteiger partial charge on any atom is -0.339 e. The Morgan fingerprint density at radius 3 is 2.38 bits per heavy atom. The van der Waals surface area contributed by atoms with E-state index in [1.54, 1.807) is 0 Å². The standard InChI is InChI=1S/C20H28N2O2/c1-2-18-10-6-7-13-22(18)20(24)17-11-14-21(15-12-17)19(23)16-8-4-3-5-9-16/h3-5,8-9,17-18H,2,6-7,10-15H2,1H3. The van der Waals surface area contributed by atoms with Gasteiger partial charge >= 0.3 is 0 Å². The van der Waals surface area contributed by atoms with Gasteiger partial charge in [0.25, 0.3) is 5.91 Å². The van der Waals surface area contributed by atoms with E-state index in [0.717, 1.165) is 44.2 Å². The molecule has 0 aromatic heterocycles. The third-order valence-electron chi connectivity index (χ3n) is 5.53. The molecule has 2 fully saturated rings. The fourth-order valence-corrected chi connectivity index (χ4v) is 4.04. The zero-order valence-corrected chi connectivity index (χ0v) is 14.6. The van der Waals surface area contributed by atoms with Gasteiger partial charge in [-0.15, -0.1) is 0 Å². The van der Waals surface area contributed by atoms with E-state index < -0.39 is 0 Å². The Morgan fingerprint density at radius 2 is 1.71 bits per heavy atom. The van der Waals surface area contributed by atoms with Gasteiger partial charge in [-0.2, -0.15) is 0 Å². The maximum atomic E-state index is 12.9. The molecule has 2 aliphatic rings. The van der Waals surface area contributed by atoms with Crippen LogP contribution in [0.15, 0.2) is 30.3 Å². The second-order valence-electron chi connectivity index (χ2n) is 7.02. The van der Waals surface area contributed by atoms with Crippen molar-refractivity contribution < 1.29 is 9.59 Å². The van der Waals surface area contributed by atoms with Crippen molar-refractivity contribution in [2.24, 2.45) is 5.92 Å². The number of benzene rings is 1. The van der Waals surface area contributed by atoms with Crippen LogP contribution < -0.4 is 0 Å².